The van der Waals surface area contributed by atoms with E-state index in [1.165, 1.54) is 0 Å². The Bertz CT molecular complexity index is 351. The molecule has 0 unspecified atom stereocenters. The molecule has 18 heavy (non-hydrogen) atoms. The predicted molar refractivity (Wildman–Crippen MR) is 74.6 cm³/mol. The number of anilines is 2. The van der Waals surface area contributed by atoms with E-state index in [1.54, 1.807) is 0 Å². The van der Waals surface area contributed by atoms with Crippen LogP contribution in [0, 0.1) is 0 Å². The van der Waals surface area contributed by atoms with Gasteiger partial charge in [0.1, 0.15) is 18.2 Å². The largest absolute Gasteiger partial charge is 0.384 e. The van der Waals surface area contributed by atoms with Crippen LogP contribution in [0.25, 0.3) is 0 Å². The van der Waals surface area contributed by atoms with Crippen LogP contribution in [0.4, 0.5) is 11.6 Å². The van der Waals surface area contributed by atoms with Crippen molar-refractivity contribution in [3.8, 4) is 0 Å². The minimum Gasteiger partial charge on any atom is -0.384 e. The molecule has 1 aromatic heterocycles. The van der Waals surface area contributed by atoms with Gasteiger partial charge in [-0.05, 0) is 19.8 Å². The third-order valence-electron chi connectivity index (χ3n) is 2.53. The Morgan fingerprint density at radius 1 is 1.17 bits per heavy atom. The number of hydrogen-bond donors (Lipinski definition) is 1. The zero-order valence-electron chi connectivity index (χ0n) is 11.6. The highest BCUT2D eigenvalue weighted by atomic mass is 16.5. The highest BCUT2D eigenvalue weighted by Crippen LogP contribution is 2.15. The van der Waals surface area contributed by atoms with Crippen LogP contribution in [0.1, 0.15) is 39.4 Å². The van der Waals surface area contributed by atoms with Crippen molar-refractivity contribution in [2.24, 2.45) is 0 Å². The van der Waals surface area contributed by atoms with Crippen LogP contribution < -0.4 is 10.6 Å². The summed E-state index contributed by atoms with van der Waals surface area (Å²) in [5.74, 6) is 2.07. The van der Waals surface area contributed by atoms with E-state index in [-0.39, 0.29) is 0 Å². The van der Waals surface area contributed by atoms with Crippen LogP contribution in [0.2, 0.25) is 0 Å². The number of nitrogen functional groups attached to an aromatic ring is 1. The number of nitrogens with two attached hydrogens (primary N) is 1. The van der Waals surface area contributed by atoms with Gasteiger partial charge >= 0.3 is 0 Å². The average Bonchev–Trinajstić information content (AvgIpc) is 2.35. The van der Waals surface area contributed by atoms with Crippen molar-refractivity contribution in [1.82, 2.24) is 9.97 Å². The van der Waals surface area contributed by atoms with Gasteiger partial charge in [0.25, 0.3) is 0 Å². The molecule has 5 heteroatoms. The zero-order chi connectivity index (χ0) is 13.4. The van der Waals surface area contributed by atoms with Gasteiger partial charge < -0.3 is 15.4 Å². The van der Waals surface area contributed by atoms with E-state index in [4.69, 9.17) is 10.5 Å². The molecule has 0 aliphatic carbocycles. The molecular weight excluding hydrogens is 228 g/mol. The highest BCUT2D eigenvalue weighted by Gasteiger charge is 2.09. The van der Waals surface area contributed by atoms with Crippen LogP contribution in [0.5, 0.6) is 0 Å². The van der Waals surface area contributed by atoms with E-state index < -0.39 is 0 Å². The summed E-state index contributed by atoms with van der Waals surface area (Å²) in [7, 11) is 0. The lowest BCUT2D eigenvalue weighted by Crippen LogP contribution is -2.26. The maximum Gasteiger partial charge on any atom is 0.158 e. The van der Waals surface area contributed by atoms with E-state index >= 15 is 0 Å². The zero-order valence-corrected chi connectivity index (χ0v) is 11.6. The van der Waals surface area contributed by atoms with Crippen molar-refractivity contribution in [1.29, 1.82) is 0 Å². The van der Waals surface area contributed by atoms with Crippen molar-refractivity contribution in [2.75, 3.05) is 30.3 Å². The number of hydrogen-bond acceptors (Lipinski definition) is 5. The minimum absolute atomic E-state index is 0.417. The highest BCUT2D eigenvalue weighted by molar-refractivity contribution is 5.46. The molecular formula is C13H24N4O. The average molecular weight is 252 g/mol. The van der Waals surface area contributed by atoms with Crippen LogP contribution in [0.3, 0.4) is 0 Å². The smallest absolute Gasteiger partial charge is 0.158 e. The molecule has 1 rings (SSSR count). The van der Waals surface area contributed by atoms with Gasteiger partial charge in [-0.2, -0.15) is 0 Å². The molecule has 0 amide bonds. The molecule has 1 aromatic rings. The summed E-state index contributed by atoms with van der Waals surface area (Å²) >= 11 is 0. The lowest BCUT2D eigenvalue weighted by atomic mass is 10.3. The van der Waals surface area contributed by atoms with E-state index in [1.807, 2.05) is 13.0 Å². The maximum absolute atomic E-state index is 5.83. The summed E-state index contributed by atoms with van der Waals surface area (Å²) in [6.07, 6.45) is 2.18. The molecule has 5 nitrogen and oxygen atoms in total. The molecule has 1 heterocycles. The second-order valence-electron chi connectivity index (χ2n) is 4.19. The molecule has 0 aromatic carbocycles. The predicted octanol–water partition coefficient (Wildman–Crippen LogP) is 2.22. The molecule has 0 bridgehead atoms. The van der Waals surface area contributed by atoms with Gasteiger partial charge in [0.2, 0.25) is 0 Å². The van der Waals surface area contributed by atoms with Crippen LogP contribution in [-0.4, -0.2) is 29.7 Å². The lowest BCUT2D eigenvalue weighted by Gasteiger charge is -2.23. The Labute approximate surface area is 109 Å². The number of nitrogens with zero attached hydrogens (tertiary/aromatic N) is 3. The Morgan fingerprint density at radius 2 is 1.83 bits per heavy atom. The fourth-order valence-corrected chi connectivity index (χ4v) is 1.80. The first kappa shape index (κ1) is 14.7. The second-order valence-corrected chi connectivity index (χ2v) is 4.19. The summed E-state index contributed by atoms with van der Waals surface area (Å²) in [5, 5.41) is 0. The van der Waals surface area contributed by atoms with Gasteiger partial charge in [0.05, 0.1) is 0 Å². The summed E-state index contributed by atoms with van der Waals surface area (Å²) in [6, 6.07) is 1.83. The molecule has 0 aliphatic rings. The normalized spacial score (nSPS) is 10.6. The van der Waals surface area contributed by atoms with Gasteiger partial charge in [-0.1, -0.05) is 13.8 Å². The summed E-state index contributed by atoms with van der Waals surface area (Å²) in [4.78, 5) is 11.0. The van der Waals surface area contributed by atoms with E-state index in [0.717, 1.165) is 31.7 Å². The Hall–Kier alpha value is -1.36. The molecule has 0 saturated heterocycles. The first-order chi connectivity index (χ1) is 8.71. The van der Waals surface area contributed by atoms with Crippen molar-refractivity contribution in [3.05, 3.63) is 11.9 Å². The third kappa shape index (κ3) is 4.49. The maximum atomic E-state index is 5.83. The fourth-order valence-electron chi connectivity index (χ4n) is 1.80. The van der Waals surface area contributed by atoms with Crippen LogP contribution >= 0.6 is 0 Å². The monoisotopic (exact) mass is 252 g/mol. The molecule has 102 valence electrons. The van der Waals surface area contributed by atoms with Crippen molar-refractivity contribution in [3.63, 3.8) is 0 Å². The SMILES string of the molecule is CCCN(CCC)c1cc(N)nc(COCC)n1. The molecule has 0 atom stereocenters. The van der Waals surface area contributed by atoms with E-state index in [9.17, 15) is 0 Å². The molecule has 2 N–H and O–H groups in total. The first-order valence-electron chi connectivity index (χ1n) is 6.67. The van der Waals surface area contributed by atoms with Gasteiger partial charge in [-0.15, -0.1) is 0 Å². The topological polar surface area (TPSA) is 64.3 Å². The van der Waals surface area contributed by atoms with Crippen molar-refractivity contribution < 1.29 is 4.74 Å². The Kier molecular flexibility index (Phi) is 6.43. The Morgan fingerprint density at radius 3 is 2.39 bits per heavy atom. The minimum atomic E-state index is 0.417. The van der Waals surface area contributed by atoms with Crippen molar-refractivity contribution >= 4 is 11.6 Å². The fraction of sp³-hybridized carbons (Fsp3) is 0.692. The standard InChI is InChI=1S/C13H24N4O/c1-4-7-17(8-5-2)13-9-11(14)15-12(16-13)10-18-6-3/h9H,4-8,10H2,1-3H3,(H2,14,15,16). The first-order valence-corrected chi connectivity index (χ1v) is 6.67. The lowest BCUT2D eigenvalue weighted by molar-refractivity contribution is 0.128. The summed E-state index contributed by atoms with van der Waals surface area (Å²) in [6.45, 7) is 9.31. The molecule has 0 aliphatic heterocycles. The quantitative estimate of drug-likeness (QED) is 0.768. The summed E-state index contributed by atoms with van der Waals surface area (Å²) in [5.41, 5.74) is 5.83. The number of rotatable bonds is 8. The molecule has 0 fully saturated rings. The molecule has 0 saturated carbocycles. The van der Waals surface area contributed by atoms with Gasteiger partial charge in [-0.25, -0.2) is 9.97 Å². The van der Waals surface area contributed by atoms with E-state index in [0.29, 0.717) is 24.9 Å². The van der Waals surface area contributed by atoms with Crippen LogP contribution in [0.15, 0.2) is 6.07 Å². The molecule has 0 spiro atoms. The van der Waals surface area contributed by atoms with E-state index in [2.05, 4.69) is 28.7 Å². The van der Waals surface area contributed by atoms with Crippen molar-refractivity contribution in [2.45, 2.75) is 40.2 Å². The second kappa shape index (κ2) is 7.87. The van der Waals surface area contributed by atoms with Crippen LogP contribution in [-0.2, 0) is 11.3 Å². The van der Waals surface area contributed by atoms with Gasteiger partial charge in [0, 0.05) is 25.8 Å². The molecule has 0 radical (unpaired) electrons. The van der Waals surface area contributed by atoms with Gasteiger partial charge in [0.15, 0.2) is 5.82 Å². The summed E-state index contributed by atoms with van der Waals surface area (Å²) < 4.78 is 5.33. The Balaban J connectivity index is 2.87. The number of ether oxygens (including phenoxy) is 1. The third-order valence-corrected chi connectivity index (χ3v) is 2.53. The number of aromatic nitrogens is 2. The van der Waals surface area contributed by atoms with Gasteiger partial charge in [-0.3, -0.25) is 0 Å².